The van der Waals surface area contributed by atoms with E-state index in [0.717, 1.165) is 12.5 Å². The maximum absolute atomic E-state index is 3.64. The van der Waals surface area contributed by atoms with Crippen LogP contribution in [0.3, 0.4) is 0 Å². The maximum Gasteiger partial charge on any atom is 0.0342 e. The number of thiophene rings is 1. The Balaban J connectivity index is 2.01. The van der Waals surface area contributed by atoms with E-state index in [0.29, 0.717) is 6.04 Å². The molecule has 3 heteroatoms. The quantitative estimate of drug-likeness (QED) is 0.849. The molecule has 0 aromatic carbocycles. The minimum Gasteiger partial charge on any atom is -0.310 e. The van der Waals surface area contributed by atoms with Gasteiger partial charge in [0, 0.05) is 15.9 Å². The second kappa shape index (κ2) is 5.46. The molecule has 1 saturated carbocycles. The van der Waals surface area contributed by atoms with Crippen molar-refractivity contribution in [3.63, 3.8) is 0 Å². The van der Waals surface area contributed by atoms with Gasteiger partial charge in [-0.05, 0) is 45.8 Å². The molecule has 1 aromatic rings. The smallest absolute Gasteiger partial charge is 0.0342 e. The van der Waals surface area contributed by atoms with Crippen molar-refractivity contribution in [1.29, 1.82) is 0 Å². The lowest BCUT2D eigenvalue weighted by Gasteiger charge is -2.30. The van der Waals surface area contributed by atoms with Crippen molar-refractivity contribution in [1.82, 2.24) is 5.32 Å². The van der Waals surface area contributed by atoms with Crippen LogP contribution in [0.5, 0.6) is 0 Å². The molecule has 1 nitrogen and oxygen atoms in total. The van der Waals surface area contributed by atoms with Gasteiger partial charge in [-0.25, -0.2) is 0 Å². The van der Waals surface area contributed by atoms with Crippen molar-refractivity contribution in [3.8, 4) is 0 Å². The summed E-state index contributed by atoms with van der Waals surface area (Å²) in [6, 6.07) is 0.556. The average molecular weight is 288 g/mol. The Morgan fingerprint density at radius 1 is 1.53 bits per heavy atom. The number of hydrogen-bond donors (Lipinski definition) is 1. The van der Waals surface area contributed by atoms with E-state index < -0.39 is 0 Å². The molecule has 1 aliphatic carbocycles. The zero-order valence-corrected chi connectivity index (χ0v) is 11.5. The highest BCUT2D eigenvalue weighted by atomic mass is 79.9. The Labute approximate surface area is 104 Å². The van der Waals surface area contributed by atoms with Gasteiger partial charge in [-0.15, -0.1) is 0 Å². The van der Waals surface area contributed by atoms with Crippen molar-refractivity contribution in [3.05, 3.63) is 20.8 Å². The highest BCUT2D eigenvalue weighted by Gasteiger charge is 2.23. The van der Waals surface area contributed by atoms with Crippen LogP contribution in [0.4, 0.5) is 0 Å². The fourth-order valence-corrected chi connectivity index (χ4v) is 3.80. The number of halogens is 1. The first-order valence-electron chi connectivity index (χ1n) is 5.76. The summed E-state index contributed by atoms with van der Waals surface area (Å²) in [5.41, 5.74) is 1.45. The van der Waals surface area contributed by atoms with E-state index >= 15 is 0 Å². The first-order valence-corrected chi connectivity index (χ1v) is 7.49. The van der Waals surface area contributed by atoms with Crippen LogP contribution in [0, 0.1) is 5.92 Å². The van der Waals surface area contributed by atoms with Gasteiger partial charge < -0.3 is 5.32 Å². The minimum absolute atomic E-state index is 0.556. The summed E-state index contributed by atoms with van der Waals surface area (Å²) in [6.45, 7) is 3.24. The van der Waals surface area contributed by atoms with Crippen LogP contribution >= 0.6 is 27.3 Å². The van der Waals surface area contributed by atoms with Crippen molar-refractivity contribution in [2.24, 2.45) is 5.92 Å². The molecule has 1 fully saturated rings. The van der Waals surface area contributed by atoms with Gasteiger partial charge >= 0.3 is 0 Å². The van der Waals surface area contributed by atoms with Crippen LogP contribution in [0.1, 0.15) is 44.2 Å². The molecular formula is C12H18BrNS. The topological polar surface area (TPSA) is 12.0 Å². The third-order valence-electron chi connectivity index (χ3n) is 3.26. The molecule has 0 saturated heterocycles. The average Bonchev–Trinajstić information content (AvgIpc) is 2.56. The summed E-state index contributed by atoms with van der Waals surface area (Å²) >= 11 is 5.42. The minimum atomic E-state index is 0.556. The fraction of sp³-hybridized carbons (Fsp3) is 0.667. The Kier molecular flexibility index (Phi) is 4.23. The molecule has 1 unspecified atom stereocenters. The van der Waals surface area contributed by atoms with Crippen LogP contribution in [-0.4, -0.2) is 6.54 Å². The van der Waals surface area contributed by atoms with Gasteiger partial charge in [0.2, 0.25) is 0 Å². The van der Waals surface area contributed by atoms with Crippen LogP contribution < -0.4 is 5.32 Å². The normalized spacial score (nSPS) is 18.8. The fourth-order valence-electron chi connectivity index (χ4n) is 2.17. The first-order chi connectivity index (χ1) is 7.31. The Hall–Kier alpha value is 0.140. The van der Waals surface area contributed by atoms with E-state index in [1.54, 1.807) is 11.3 Å². The van der Waals surface area contributed by atoms with Crippen LogP contribution in [-0.2, 0) is 0 Å². The lowest BCUT2D eigenvalue weighted by Crippen LogP contribution is -2.25. The molecule has 0 amide bonds. The van der Waals surface area contributed by atoms with Crippen LogP contribution in [0.25, 0.3) is 0 Å². The largest absolute Gasteiger partial charge is 0.310 e. The third kappa shape index (κ3) is 2.83. The predicted octanol–water partition coefficient (Wildman–Crippen LogP) is 4.35. The van der Waals surface area contributed by atoms with Gasteiger partial charge in [-0.1, -0.05) is 26.2 Å². The summed E-state index contributed by atoms with van der Waals surface area (Å²) in [5, 5.41) is 8.06. The summed E-state index contributed by atoms with van der Waals surface area (Å²) in [5.74, 6) is 0.959. The van der Waals surface area contributed by atoms with Crippen molar-refractivity contribution in [2.45, 2.75) is 38.6 Å². The van der Waals surface area contributed by atoms with Gasteiger partial charge in [-0.3, -0.25) is 0 Å². The molecule has 84 valence electrons. The van der Waals surface area contributed by atoms with E-state index in [-0.39, 0.29) is 0 Å². The van der Waals surface area contributed by atoms with Gasteiger partial charge in [0.05, 0.1) is 0 Å². The maximum atomic E-state index is 3.64. The zero-order chi connectivity index (χ0) is 10.7. The first kappa shape index (κ1) is 11.6. The van der Waals surface area contributed by atoms with Gasteiger partial charge in [-0.2, -0.15) is 11.3 Å². The standard InChI is InChI=1S/C12H18BrNS/c1-2-14-12(6-9-4-3-5-9)10-7-15-8-11(10)13/h7-9,12,14H,2-6H2,1H3. The number of nitrogens with one attached hydrogen (secondary N) is 1. The molecule has 15 heavy (non-hydrogen) atoms. The van der Waals surface area contributed by atoms with E-state index in [2.05, 4.69) is 38.9 Å². The van der Waals surface area contributed by atoms with Gasteiger partial charge in [0.15, 0.2) is 0 Å². The lowest BCUT2D eigenvalue weighted by molar-refractivity contribution is 0.262. The molecule has 0 spiro atoms. The summed E-state index contributed by atoms with van der Waals surface area (Å²) in [6.07, 6.45) is 5.62. The molecule has 2 rings (SSSR count). The van der Waals surface area contributed by atoms with E-state index in [9.17, 15) is 0 Å². The zero-order valence-electron chi connectivity index (χ0n) is 9.13. The van der Waals surface area contributed by atoms with E-state index in [1.165, 1.54) is 35.7 Å². The molecule has 0 bridgehead atoms. The monoisotopic (exact) mass is 287 g/mol. The van der Waals surface area contributed by atoms with Crippen LogP contribution in [0.2, 0.25) is 0 Å². The molecule has 1 aliphatic rings. The van der Waals surface area contributed by atoms with E-state index in [1.807, 2.05) is 0 Å². The molecular weight excluding hydrogens is 270 g/mol. The molecule has 0 radical (unpaired) electrons. The Morgan fingerprint density at radius 3 is 2.80 bits per heavy atom. The molecule has 1 atom stereocenters. The Bertz CT molecular complexity index is 306. The second-order valence-corrected chi connectivity index (χ2v) is 5.92. The number of rotatable bonds is 5. The van der Waals surface area contributed by atoms with Crippen molar-refractivity contribution in [2.75, 3.05) is 6.54 Å². The van der Waals surface area contributed by atoms with Gasteiger partial charge in [0.1, 0.15) is 0 Å². The lowest BCUT2D eigenvalue weighted by atomic mass is 9.80. The highest BCUT2D eigenvalue weighted by molar-refractivity contribution is 9.10. The summed E-state index contributed by atoms with van der Waals surface area (Å²) in [4.78, 5) is 0. The molecule has 0 aliphatic heterocycles. The molecule has 1 aromatic heterocycles. The predicted molar refractivity (Wildman–Crippen MR) is 70.4 cm³/mol. The van der Waals surface area contributed by atoms with E-state index in [4.69, 9.17) is 0 Å². The third-order valence-corrected chi connectivity index (χ3v) is 5.01. The number of hydrogen-bond acceptors (Lipinski definition) is 2. The Morgan fingerprint density at radius 2 is 2.33 bits per heavy atom. The molecule has 1 heterocycles. The second-order valence-electron chi connectivity index (χ2n) is 4.32. The van der Waals surface area contributed by atoms with Crippen molar-refractivity contribution >= 4 is 27.3 Å². The molecule has 1 N–H and O–H groups in total. The van der Waals surface area contributed by atoms with Gasteiger partial charge in [0.25, 0.3) is 0 Å². The van der Waals surface area contributed by atoms with Crippen LogP contribution in [0.15, 0.2) is 15.2 Å². The SMILES string of the molecule is CCNC(CC1CCC1)c1cscc1Br. The summed E-state index contributed by atoms with van der Waals surface area (Å²) < 4.78 is 1.28. The summed E-state index contributed by atoms with van der Waals surface area (Å²) in [7, 11) is 0. The van der Waals surface area contributed by atoms with Crippen molar-refractivity contribution < 1.29 is 0 Å². The highest BCUT2D eigenvalue weighted by Crippen LogP contribution is 2.37.